The van der Waals surface area contributed by atoms with E-state index in [4.69, 9.17) is 8.83 Å². The van der Waals surface area contributed by atoms with Crippen LogP contribution in [0.4, 0.5) is 0 Å². The van der Waals surface area contributed by atoms with Gasteiger partial charge in [-0.2, -0.15) is 0 Å². The van der Waals surface area contributed by atoms with Crippen LogP contribution < -0.4 is 11.3 Å². The van der Waals surface area contributed by atoms with E-state index in [1.165, 1.54) is 18.2 Å². The average molecular weight is 549 g/mol. The van der Waals surface area contributed by atoms with Gasteiger partial charge < -0.3 is 24.2 Å². The van der Waals surface area contributed by atoms with E-state index >= 15 is 0 Å². The number of aromatic hydroxyl groups is 2. The summed E-state index contributed by atoms with van der Waals surface area (Å²) in [6.45, 7) is 0. The van der Waals surface area contributed by atoms with Crippen molar-refractivity contribution in [1.82, 2.24) is 0 Å². The number of aromatic carboxylic acids is 1. The molecule has 41 heavy (non-hydrogen) atoms. The topological polar surface area (TPSA) is 138 Å². The molecule has 0 spiro atoms. The molecule has 0 fully saturated rings. The molecule has 6 aromatic rings. The molecule has 0 aliphatic carbocycles. The Morgan fingerprint density at radius 1 is 0.634 bits per heavy atom. The van der Waals surface area contributed by atoms with Crippen LogP contribution in [0.2, 0.25) is 0 Å². The monoisotopic (exact) mass is 548 g/mol. The average Bonchev–Trinajstić information content (AvgIpc) is 2.94. The highest BCUT2D eigenvalue weighted by Gasteiger charge is 2.21. The van der Waals surface area contributed by atoms with E-state index in [0.29, 0.717) is 28.5 Å². The summed E-state index contributed by atoms with van der Waals surface area (Å²) in [4.78, 5) is 35.3. The maximum atomic E-state index is 12.0. The molecule has 6 rings (SSSR count). The van der Waals surface area contributed by atoms with E-state index in [2.05, 4.69) is 0 Å². The van der Waals surface area contributed by atoms with Crippen LogP contribution in [-0.4, -0.2) is 21.3 Å². The Balaban J connectivity index is 0.000000166. The highest BCUT2D eigenvalue weighted by atomic mass is 16.4. The Morgan fingerprint density at radius 3 is 1.83 bits per heavy atom. The van der Waals surface area contributed by atoms with Crippen LogP contribution in [0.15, 0.2) is 122 Å². The van der Waals surface area contributed by atoms with Gasteiger partial charge >= 0.3 is 17.2 Å². The molecule has 0 unspecified atom stereocenters. The van der Waals surface area contributed by atoms with E-state index in [1.54, 1.807) is 18.2 Å². The molecule has 0 amide bonds. The second-order valence-electron chi connectivity index (χ2n) is 9.33. The predicted molar refractivity (Wildman–Crippen MR) is 154 cm³/mol. The predicted octanol–water partition coefficient (Wildman–Crippen LogP) is 5.88. The Hall–Kier alpha value is -5.63. The Morgan fingerprint density at radius 2 is 1.20 bits per heavy atom. The maximum Gasteiger partial charge on any atom is 0.351 e. The Kier molecular flexibility index (Phi) is 7.65. The molecule has 0 saturated carbocycles. The van der Waals surface area contributed by atoms with Crippen molar-refractivity contribution in [2.24, 2.45) is 0 Å². The minimum absolute atomic E-state index is 0.0515. The van der Waals surface area contributed by atoms with Crippen LogP contribution >= 0.6 is 0 Å². The molecule has 204 valence electrons. The summed E-state index contributed by atoms with van der Waals surface area (Å²) in [6, 6.07) is 29.9. The standard InChI is InChI=1S/C17H12O5.C16H12O3/c18-11-6-7-12-13(8-10-4-2-1-3-5-10)15(16(19)20)17(21)22-14(12)9-11;17-14-7-6-12-9-13(16(18)19-15(12)10-14)8-11-4-2-1-3-5-11/h1-7,9,18H,8H2,(H,19,20);1-7,9-10,17H,8H2. The third-order valence-electron chi connectivity index (χ3n) is 6.47. The molecule has 0 aliphatic rings. The zero-order chi connectivity index (χ0) is 28.9. The van der Waals surface area contributed by atoms with Crippen LogP contribution in [-0.2, 0) is 12.8 Å². The van der Waals surface area contributed by atoms with Gasteiger partial charge in [-0.3, -0.25) is 0 Å². The number of fused-ring (bicyclic) bond motifs is 2. The second kappa shape index (κ2) is 11.6. The summed E-state index contributed by atoms with van der Waals surface area (Å²) < 4.78 is 10.2. The lowest BCUT2D eigenvalue weighted by Gasteiger charge is -2.09. The quantitative estimate of drug-likeness (QED) is 0.227. The van der Waals surface area contributed by atoms with Crippen molar-refractivity contribution < 1.29 is 28.9 Å². The lowest BCUT2D eigenvalue weighted by atomic mass is 9.97. The molecular weight excluding hydrogens is 524 g/mol. The fraction of sp³-hybridized carbons (Fsp3) is 0.0606. The van der Waals surface area contributed by atoms with Crippen LogP contribution in [0, 0.1) is 0 Å². The lowest BCUT2D eigenvalue weighted by Crippen LogP contribution is -2.17. The van der Waals surface area contributed by atoms with Gasteiger partial charge in [0.2, 0.25) is 0 Å². The Labute approximate surface area is 233 Å². The summed E-state index contributed by atoms with van der Waals surface area (Å²) in [5, 5.41) is 29.5. The molecule has 3 N–H and O–H groups in total. The first-order valence-electron chi connectivity index (χ1n) is 12.6. The summed E-state index contributed by atoms with van der Waals surface area (Å²) in [7, 11) is 0. The maximum absolute atomic E-state index is 12.0. The lowest BCUT2D eigenvalue weighted by molar-refractivity contribution is 0.0691. The normalized spacial score (nSPS) is 10.7. The number of hydrogen-bond acceptors (Lipinski definition) is 7. The third kappa shape index (κ3) is 6.17. The largest absolute Gasteiger partial charge is 0.508 e. The van der Waals surface area contributed by atoms with Gasteiger partial charge in [0.1, 0.15) is 28.2 Å². The Bertz CT molecular complexity index is 1970. The van der Waals surface area contributed by atoms with Gasteiger partial charge in [-0.15, -0.1) is 0 Å². The molecule has 8 heteroatoms. The van der Waals surface area contributed by atoms with Crippen molar-refractivity contribution in [3.05, 3.63) is 152 Å². The molecule has 2 aromatic heterocycles. The number of hydrogen-bond donors (Lipinski definition) is 3. The molecule has 0 radical (unpaired) electrons. The summed E-state index contributed by atoms with van der Waals surface area (Å²) >= 11 is 0. The van der Waals surface area contributed by atoms with Crippen molar-refractivity contribution in [1.29, 1.82) is 0 Å². The molecule has 2 heterocycles. The molecule has 0 aliphatic heterocycles. The number of carboxylic acid groups (broad SMARTS) is 1. The van der Waals surface area contributed by atoms with Crippen molar-refractivity contribution in [2.75, 3.05) is 0 Å². The van der Waals surface area contributed by atoms with Gasteiger partial charge in [0.15, 0.2) is 0 Å². The number of rotatable bonds is 5. The van der Waals surface area contributed by atoms with E-state index in [1.807, 2.05) is 66.7 Å². The molecule has 8 nitrogen and oxygen atoms in total. The molecular formula is C33H24O8. The third-order valence-corrected chi connectivity index (χ3v) is 6.47. The van der Waals surface area contributed by atoms with Gasteiger partial charge in [0.05, 0.1) is 0 Å². The van der Waals surface area contributed by atoms with Gasteiger partial charge in [0.25, 0.3) is 0 Å². The van der Waals surface area contributed by atoms with Crippen LogP contribution in [0.25, 0.3) is 21.9 Å². The zero-order valence-electron chi connectivity index (χ0n) is 21.6. The number of phenols is 2. The summed E-state index contributed by atoms with van der Waals surface area (Å²) in [5.74, 6) is -1.29. The fourth-order valence-electron chi connectivity index (χ4n) is 4.54. The zero-order valence-corrected chi connectivity index (χ0v) is 21.6. The first-order valence-corrected chi connectivity index (χ1v) is 12.6. The molecule has 0 atom stereocenters. The number of carbonyl (C=O) groups is 1. The minimum Gasteiger partial charge on any atom is -0.508 e. The van der Waals surface area contributed by atoms with E-state index in [0.717, 1.165) is 16.5 Å². The van der Waals surface area contributed by atoms with Gasteiger partial charge in [-0.25, -0.2) is 14.4 Å². The highest BCUT2D eigenvalue weighted by Crippen LogP contribution is 2.26. The molecule has 0 saturated heterocycles. The van der Waals surface area contributed by atoms with Crippen molar-refractivity contribution >= 4 is 27.9 Å². The minimum atomic E-state index is -1.32. The van der Waals surface area contributed by atoms with Gasteiger partial charge in [0, 0.05) is 34.9 Å². The van der Waals surface area contributed by atoms with Gasteiger partial charge in [-0.05, 0) is 53.4 Å². The highest BCUT2D eigenvalue weighted by molar-refractivity contribution is 5.95. The van der Waals surface area contributed by atoms with E-state index in [-0.39, 0.29) is 34.7 Å². The smallest absolute Gasteiger partial charge is 0.351 e. The summed E-state index contributed by atoms with van der Waals surface area (Å²) in [5.41, 5.74) is 1.86. The molecule has 4 aromatic carbocycles. The fourth-order valence-corrected chi connectivity index (χ4v) is 4.54. The van der Waals surface area contributed by atoms with Crippen LogP contribution in [0.5, 0.6) is 11.5 Å². The van der Waals surface area contributed by atoms with E-state index < -0.39 is 11.6 Å². The SMILES string of the molecule is O=C(O)c1c(Cc2ccccc2)c2ccc(O)cc2oc1=O.O=c1oc2cc(O)ccc2cc1Cc1ccccc1. The van der Waals surface area contributed by atoms with Crippen LogP contribution in [0.1, 0.15) is 32.6 Å². The number of carboxylic acids is 1. The van der Waals surface area contributed by atoms with Gasteiger partial charge in [-0.1, -0.05) is 60.7 Å². The first kappa shape index (κ1) is 27.0. The van der Waals surface area contributed by atoms with Crippen LogP contribution in [0.3, 0.4) is 0 Å². The van der Waals surface area contributed by atoms with Crippen molar-refractivity contribution in [3.8, 4) is 11.5 Å². The summed E-state index contributed by atoms with van der Waals surface area (Å²) in [6.07, 6.45) is 0.829. The van der Waals surface area contributed by atoms with Crippen molar-refractivity contribution in [2.45, 2.75) is 12.8 Å². The van der Waals surface area contributed by atoms with E-state index in [9.17, 15) is 29.7 Å². The number of phenolic OH excluding ortho intramolecular Hbond substituents is 2. The first-order chi connectivity index (χ1) is 19.8. The van der Waals surface area contributed by atoms with Crippen molar-refractivity contribution in [3.63, 3.8) is 0 Å². The number of benzene rings is 4. The second-order valence-corrected chi connectivity index (χ2v) is 9.33. The molecule has 0 bridgehead atoms.